The zero-order chi connectivity index (χ0) is 13.5. The van der Waals surface area contributed by atoms with Crippen LogP contribution in [-0.2, 0) is 5.54 Å². The van der Waals surface area contributed by atoms with E-state index >= 15 is 0 Å². The van der Waals surface area contributed by atoms with Gasteiger partial charge in [0.2, 0.25) is 0 Å². The van der Waals surface area contributed by atoms with Crippen LogP contribution in [0.1, 0.15) is 31.5 Å². The van der Waals surface area contributed by atoms with Gasteiger partial charge in [-0.1, -0.05) is 35.7 Å². The molecular formula is C13H13BrClN3O. The van der Waals surface area contributed by atoms with Crippen molar-refractivity contribution in [1.29, 1.82) is 0 Å². The lowest BCUT2D eigenvalue weighted by Gasteiger charge is -2.17. The molecule has 3 rings (SSSR count). The molecule has 0 unspecified atom stereocenters. The molecule has 2 aromatic rings. The second kappa shape index (κ2) is 4.89. The van der Waals surface area contributed by atoms with E-state index in [-0.39, 0.29) is 0 Å². The normalized spacial score (nSPS) is 17.8. The lowest BCUT2D eigenvalue weighted by Crippen LogP contribution is -2.34. The van der Waals surface area contributed by atoms with E-state index in [1.54, 1.807) is 0 Å². The average Bonchev–Trinajstić information content (AvgIpc) is 3.02. The Kier molecular flexibility index (Phi) is 3.37. The topological polar surface area (TPSA) is 64.9 Å². The van der Waals surface area contributed by atoms with E-state index in [0.29, 0.717) is 16.7 Å². The van der Waals surface area contributed by atoms with Gasteiger partial charge in [0.25, 0.3) is 5.89 Å². The molecule has 1 heterocycles. The van der Waals surface area contributed by atoms with Gasteiger partial charge in [-0.25, -0.2) is 0 Å². The molecule has 1 aliphatic rings. The van der Waals surface area contributed by atoms with E-state index in [0.717, 1.165) is 35.7 Å². The van der Waals surface area contributed by atoms with Crippen LogP contribution in [-0.4, -0.2) is 10.1 Å². The summed E-state index contributed by atoms with van der Waals surface area (Å²) in [5.41, 5.74) is 6.59. The quantitative estimate of drug-likeness (QED) is 0.899. The molecule has 4 nitrogen and oxygen atoms in total. The van der Waals surface area contributed by atoms with Crippen molar-refractivity contribution in [3.63, 3.8) is 0 Å². The first-order valence-corrected chi connectivity index (χ1v) is 7.35. The Hall–Kier alpha value is -0.910. The monoisotopic (exact) mass is 341 g/mol. The molecular weight excluding hydrogens is 330 g/mol. The summed E-state index contributed by atoms with van der Waals surface area (Å²) in [7, 11) is 0. The maximum atomic E-state index is 6.31. The minimum absolute atomic E-state index is 0.415. The zero-order valence-electron chi connectivity index (χ0n) is 10.2. The molecule has 100 valence electrons. The SMILES string of the molecule is NC1(c2noc(-c3cccc(Br)c3Cl)n2)CCCC1. The Morgan fingerprint density at radius 3 is 2.79 bits per heavy atom. The summed E-state index contributed by atoms with van der Waals surface area (Å²) in [6, 6.07) is 5.59. The third-order valence-corrected chi connectivity index (χ3v) is 4.85. The van der Waals surface area contributed by atoms with Crippen molar-refractivity contribution in [2.75, 3.05) is 0 Å². The van der Waals surface area contributed by atoms with E-state index < -0.39 is 5.54 Å². The van der Waals surface area contributed by atoms with E-state index in [2.05, 4.69) is 26.1 Å². The van der Waals surface area contributed by atoms with Crippen LogP contribution in [0, 0.1) is 0 Å². The first-order chi connectivity index (χ1) is 9.10. The van der Waals surface area contributed by atoms with Gasteiger partial charge in [0.1, 0.15) is 0 Å². The Morgan fingerprint density at radius 2 is 2.05 bits per heavy atom. The summed E-state index contributed by atoms with van der Waals surface area (Å²) in [6.45, 7) is 0. The van der Waals surface area contributed by atoms with Gasteiger partial charge in [-0.3, -0.25) is 0 Å². The number of rotatable bonds is 2. The molecule has 0 amide bonds. The molecule has 1 saturated carbocycles. The van der Waals surface area contributed by atoms with Crippen molar-refractivity contribution in [1.82, 2.24) is 10.1 Å². The van der Waals surface area contributed by atoms with Gasteiger partial charge < -0.3 is 10.3 Å². The fourth-order valence-corrected chi connectivity index (χ4v) is 3.01. The number of hydrogen-bond acceptors (Lipinski definition) is 4. The van der Waals surface area contributed by atoms with Crippen LogP contribution < -0.4 is 5.73 Å². The lowest BCUT2D eigenvalue weighted by molar-refractivity contribution is 0.372. The molecule has 0 aliphatic heterocycles. The van der Waals surface area contributed by atoms with Crippen LogP contribution in [0.15, 0.2) is 27.2 Å². The number of nitrogens with zero attached hydrogens (tertiary/aromatic N) is 2. The molecule has 0 spiro atoms. The summed E-state index contributed by atoms with van der Waals surface area (Å²) >= 11 is 9.61. The van der Waals surface area contributed by atoms with E-state index in [1.165, 1.54) is 0 Å². The minimum Gasteiger partial charge on any atom is -0.334 e. The lowest BCUT2D eigenvalue weighted by atomic mass is 9.99. The van der Waals surface area contributed by atoms with Gasteiger partial charge in [0.15, 0.2) is 5.82 Å². The second-order valence-electron chi connectivity index (χ2n) is 4.89. The Bertz CT molecular complexity index is 608. The van der Waals surface area contributed by atoms with Gasteiger partial charge >= 0.3 is 0 Å². The maximum Gasteiger partial charge on any atom is 0.259 e. The Balaban J connectivity index is 1.99. The molecule has 0 radical (unpaired) electrons. The minimum atomic E-state index is -0.444. The molecule has 1 aliphatic carbocycles. The molecule has 1 fully saturated rings. The standard InChI is InChI=1S/C13H13BrClN3O/c14-9-5-3-4-8(10(9)15)11-17-12(18-19-11)13(16)6-1-2-7-13/h3-5H,1-2,6-7,16H2. The van der Waals surface area contributed by atoms with Crippen molar-refractivity contribution in [2.45, 2.75) is 31.2 Å². The van der Waals surface area contributed by atoms with Crippen LogP contribution in [0.5, 0.6) is 0 Å². The molecule has 0 bridgehead atoms. The van der Waals surface area contributed by atoms with Gasteiger partial charge in [-0.05, 0) is 40.9 Å². The number of hydrogen-bond donors (Lipinski definition) is 1. The molecule has 2 N–H and O–H groups in total. The highest BCUT2D eigenvalue weighted by Gasteiger charge is 2.36. The van der Waals surface area contributed by atoms with Crippen LogP contribution in [0.25, 0.3) is 11.5 Å². The van der Waals surface area contributed by atoms with Gasteiger partial charge in [0, 0.05) is 4.47 Å². The highest BCUT2D eigenvalue weighted by Crippen LogP contribution is 2.37. The van der Waals surface area contributed by atoms with Crippen molar-refractivity contribution in [3.05, 3.63) is 33.5 Å². The summed E-state index contributed by atoms with van der Waals surface area (Å²) in [5, 5.41) is 4.60. The van der Waals surface area contributed by atoms with Crippen molar-refractivity contribution in [3.8, 4) is 11.5 Å². The average molecular weight is 343 g/mol. The predicted molar refractivity (Wildman–Crippen MR) is 76.8 cm³/mol. The third-order valence-electron chi connectivity index (χ3n) is 3.55. The number of aromatic nitrogens is 2. The summed E-state index contributed by atoms with van der Waals surface area (Å²) < 4.78 is 6.12. The highest BCUT2D eigenvalue weighted by molar-refractivity contribution is 9.10. The number of halogens is 2. The van der Waals surface area contributed by atoms with E-state index in [1.807, 2.05) is 18.2 Å². The molecule has 6 heteroatoms. The van der Waals surface area contributed by atoms with Crippen LogP contribution >= 0.6 is 27.5 Å². The maximum absolute atomic E-state index is 6.31. The molecule has 0 saturated heterocycles. The fraction of sp³-hybridized carbons (Fsp3) is 0.385. The van der Waals surface area contributed by atoms with Crippen LogP contribution in [0.3, 0.4) is 0 Å². The Labute approximate surface area is 124 Å². The first kappa shape index (κ1) is 13.1. The Morgan fingerprint density at radius 1 is 1.32 bits per heavy atom. The molecule has 0 atom stereocenters. The second-order valence-corrected chi connectivity index (χ2v) is 6.12. The zero-order valence-corrected chi connectivity index (χ0v) is 12.5. The van der Waals surface area contributed by atoms with Crippen molar-refractivity contribution in [2.24, 2.45) is 5.73 Å². The van der Waals surface area contributed by atoms with Gasteiger partial charge in [-0.15, -0.1) is 0 Å². The van der Waals surface area contributed by atoms with Crippen molar-refractivity contribution >= 4 is 27.5 Å². The predicted octanol–water partition coefficient (Wildman–Crippen LogP) is 3.88. The largest absolute Gasteiger partial charge is 0.334 e. The summed E-state index contributed by atoms with van der Waals surface area (Å²) in [4.78, 5) is 4.43. The first-order valence-electron chi connectivity index (χ1n) is 6.18. The molecule has 1 aromatic carbocycles. The summed E-state index contributed by atoms with van der Waals surface area (Å²) in [6.07, 6.45) is 4.02. The third kappa shape index (κ3) is 2.30. The number of benzene rings is 1. The smallest absolute Gasteiger partial charge is 0.259 e. The molecule has 19 heavy (non-hydrogen) atoms. The van der Waals surface area contributed by atoms with Gasteiger partial charge in [0.05, 0.1) is 16.1 Å². The van der Waals surface area contributed by atoms with Crippen molar-refractivity contribution < 1.29 is 4.52 Å². The summed E-state index contributed by atoms with van der Waals surface area (Å²) in [5.74, 6) is 0.995. The number of nitrogens with two attached hydrogens (primary N) is 1. The van der Waals surface area contributed by atoms with Gasteiger partial charge in [-0.2, -0.15) is 4.98 Å². The highest BCUT2D eigenvalue weighted by atomic mass is 79.9. The van der Waals surface area contributed by atoms with Crippen LogP contribution in [0.2, 0.25) is 5.02 Å². The van der Waals surface area contributed by atoms with E-state index in [9.17, 15) is 0 Å². The molecule has 1 aromatic heterocycles. The van der Waals surface area contributed by atoms with E-state index in [4.69, 9.17) is 21.9 Å². The van der Waals surface area contributed by atoms with Crippen LogP contribution in [0.4, 0.5) is 0 Å². The fourth-order valence-electron chi connectivity index (χ4n) is 2.43.